The zero-order valence-corrected chi connectivity index (χ0v) is 12.8. The van der Waals surface area contributed by atoms with Crippen LogP contribution in [0.3, 0.4) is 0 Å². The van der Waals surface area contributed by atoms with Crippen molar-refractivity contribution in [3.8, 4) is 0 Å². The molecule has 110 valence electrons. The fraction of sp³-hybridized carbons (Fsp3) is 0.529. The molecule has 0 aliphatic rings. The van der Waals surface area contributed by atoms with Crippen LogP contribution in [0.15, 0.2) is 34.7 Å². The molecule has 1 heterocycles. The summed E-state index contributed by atoms with van der Waals surface area (Å²) in [7, 11) is 0. The molecule has 0 saturated heterocycles. The van der Waals surface area contributed by atoms with Crippen molar-refractivity contribution in [1.29, 1.82) is 0 Å². The predicted octanol–water partition coefficient (Wildman–Crippen LogP) is 4.14. The highest BCUT2D eigenvalue weighted by Crippen LogP contribution is 2.24. The Morgan fingerprint density at radius 1 is 1.20 bits per heavy atom. The van der Waals surface area contributed by atoms with E-state index < -0.39 is 0 Å². The number of benzene rings is 1. The monoisotopic (exact) mass is 275 g/mol. The summed E-state index contributed by atoms with van der Waals surface area (Å²) in [6.45, 7) is 10.1. The van der Waals surface area contributed by atoms with Crippen LogP contribution in [0.5, 0.6) is 0 Å². The molecular formula is C17H25NO2. The maximum atomic E-state index is 5.95. The Balaban J connectivity index is 2.11. The highest BCUT2D eigenvalue weighted by molar-refractivity contribution is 5.77. The van der Waals surface area contributed by atoms with E-state index in [9.17, 15) is 0 Å². The third kappa shape index (κ3) is 3.62. The SMILES string of the molecule is CCNC(COC(C)C(C)C)c1cc2ccccc2o1. The summed E-state index contributed by atoms with van der Waals surface area (Å²) >= 11 is 0. The van der Waals surface area contributed by atoms with Gasteiger partial charge in [0.1, 0.15) is 11.3 Å². The zero-order valence-electron chi connectivity index (χ0n) is 12.8. The summed E-state index contributed by atoms with van der Waals surface area (Å²) in [5.41, 5.74) is 0.933. The number of likely N-dealkylation sites (N-methyl/N-ethyl adjacent to an activating group) is 1. The van der Waals surface area contributed by atoms with Gasteiger partial charge in [-0.05, 0) is 31.5 Å². The van der Waals surface area contributed by atoms with E-state index in [1.807, 2.05) is 18.2 Å². The Bertz CT molecular complexity index is 500. The van der Waals surface area contributed by atoms with Crippen molar-refractivity contribution in [1.82, 2.24) is 5.32 Å². The molecule has 1 aromatic heterocycles. The van der Waals surface area contributed by atoms with Crippen LogP contribution in [0, 0.1) is 5.92 Å². The third-order valence-corrected chi connectivity index (χ3v) is 3.70. The molecule has 0 aliphatic carbocycles. The fourth-order valence-corrected chi connectivity index (χ4v) is 2.10. The van der Waals surface area contributed by atoms with Gasteiger partial charge in [0, 0.05) is 5.39 Å². The Kier molecular flexibility index (Phi) is 5.21. The summed E-state index contributed by atoms with van der Waals surface area (Å²) in [5, 5.41) is 4.58. The quantitative estimate of drug-likeness (QED) is 0.824. The van der Waals surface area contributed by atoms with E-state index in [0.29, 0.717) is 12.5 Å². The van der Waals surface area contributed by atoms with Crippen molar-refractivity contribution in [2.24, 2.45) is 5.92 Å². The van der Waals surface area contributed by atoms with Gasteiger partial charge < -0.3 is 14.5 Å². The summed E-state index contributed by atoms with van der Waals surface area (Å²) < 4.78 is 11.9. The molecular weight excluding hydrogens is 250 g/mol. The first kappa shape index (κ1) is 15.1. The number of hydrogen-bond acceptors (Lipinski definition) is 3. The second-order valence-electron chi connectivity index (χ2n) is 5.58. The van der Waals surface area contributed by atoms with Crippen molar-refractivity contribution in [3.05, 3.63) is 36.1 Å². The molecule has 2 aromatic rings. The van der Waals surface area contributed by atoms with Crippen LogP contribution in [-0.2, 0) is 4.74 Å². The number of furan rings is 1. The predicted molar refractivity (Wildman–Crippen MR) is 82.9 cm³/mol. The average molecular weight is 275 g/mol. The molecule has 0 radical (unpaired) electrons. The van der Waals surface area contributed by atoms with E-state index >= 15 is 0 Å². The minimum Gasteiger partial charge on any atom is -0.459 e. The second kappa shape index (κ2) is 6.91. The molecule has 2 atom stereocenters. The van der Waals surface area contributed by atoms with E-state index in [4.69, 9.17) is 9.15 Å². The molecule has 0 saturated carbocycles. The zero-order chi connectivity index (χ0) is 14.5. The first-order valence-corrected chi connectivity index (χ1v) is 7.45. The molecule has 0 fully saturated rings. The molecule has 1 aromatic carbocycles. The van der Waals surface area contributed by atoms with Gasteiger partial charge in [-0.1, -0.05) is 39.0 Å². The summed E-state index contributed by atoms with van der Waals surface area (Å²) in [6, 6.07) is 10.3. The molecule has 2 unspecified atom stereocenters. The Morgan fingerprint density at radius 3 is 2.60 bits per heavy atom. The van der Waals surface area contributed by atoms with Crippen LogP contribution >= 0.6 is 0 Å². The largest absolute Gasteiger partial charge is 0.459 e. The lowest BCUT2D eigenvalue weighted by Gasteiger charge is -2.21. The van der Waals surface area contributed by atoms with E-state index in [1.54, 1.807) is 0 Å². The van der Waals surface area contributed by atoms with Crippen LogP contribution in [0.2, 0.25) is 0 Å². The fourth-order valence-electron chi connectivity index (χ4n) is 2.10. The minimum absolute atomic E-state index is 0.105. The van der Waals surface area contributed by atoms with Gasteiger partial charge in [-0.2, -0.15) is 0 Å². The number of para-hydroxylation sites is 1. The first-order chi connectivity index (χ1) is 9.61. The lowest BCUT2D eigenvalue weighted by atomic mass is 10.1. The molecule has 2 rings (SSSR count). The smallest absolute Gasteiger partial charge is 0.134 e. The van der Waals surface area contributed by atoms with Gasteiger partial charge >= 0.3 is 0 Å². The third-order valence-electron chi connectivity index (χ3n) is 3.70. The van der Waals surface area contributed by atoms with E-state index in [-0.39, 0.29) is 12.1 Å². The number of nitrogens with one attached hydrogen (secondary N) is 1. The molecule has 3 nitrogen and oxygen atoms in total. The topological polar surface area (TPSA) is 34.4 Å². The van der Waals surface area contributed by atoms with Gasteiger partial charge in [-0.15, -0.1) is 0 Å². The maximum Gasteiger partial charge on any atom is 0.134 e. The number of rotatable bonds is 7. The van der Waals surface area contributed by atoms with Crippen LogP contribution in [0.4, 0.5) is 0 Å². The van der Waals surface area contributed by atoms with Crippen LogP contribution in [0.25, 0.3) is 11.0 Å². The van der Waals surface area contributed by atoms with Gasteiger partial charge in [0.15, 0.2) is 0 Å². The molecule has 20 heavy (non-hydrogen) atoms. The van der Waals surface area contributed by atoms with Crippen molar-refractivity contribution in [3.63, 3.8) is 0 Å². The van der Waals surface area contributed by atoms with E-state index in [1.165, 1.54) is 0 Å². The Hall–Kier alpha value is -1.32. The van der Waals surface area contributed by atoms with E-state index in [2.05, 4.69) is 45.1 Å². The minimum atomic E-state index is 0.105. The van der Waals surface area contributed by atoms with Gasteiger partial charge in [0.25, 0.3) is 0 Å². The van der Waals surface area contributed by atoms with Crippen molar-refractivity contribution < 1.29 is 9.15 Å². The van der Waals surface area contributed by atoms with Gasteiger partial charge in [0.2, 0.25) is 0 Å². The Labute approximate surface area is 121 Å². The summed E-state index contributed by atoms with van der Waals surface area (Å²) in [4.78, 5) is 0. The van der Waals surface area contributed by atoms with Gasteiger partial charge in [-0.3, -0.25) is 0 Å². The highest BCUT2D eigenvalue weighted by atomic mass is 16.5. The maximum absolute atomic E-state index is 5.95. The first-order valence-electron chi connectivity index (χ1n) is 7.45. The number of hydrogen-bond donors (Lipinski definition) is 1. The summed E-state index contributed by atoms with van der Waals surface area (Å²) in [6.07, 6.45) is 0.250. The normalized spacial score (nSPS) is 14.8. The highest BCUT2D eigenvalue weighted by Gasteiger charge is 2.18. The van der Waals surface area contributed by atoms with Crippen molar-refractivity contribution >= 4 is 11.0 Å². The van der Waals surface area contributed by atoms with Gasteiger partial charge in [0.05, 0.1) is 18.8 Å². The van der Waals surface area contributed by atoms with Crippen molar-refractivity contribution in [2.75, 3.05) is 13.2 Å². The van der Waals surface area contributed by atoms with Crippen molar-refractivity contribution in [2.45, 2.75) is 39.8 Å². The molecule has 1 N–H and O–H groups in total. The lowest BCUT2D eigenvalue weighted by molar-refractivity contribution is 0.0192. The summed E-state index contributed by atoms with van der Waals surface area (Å²) in [5.74, 6) is 1.47. The van der Waals surface area contributed by atoms with Crippen LogP contribution in [0.1, 0.15) is 39.5 Å². The molecule has 0 bridgehead atoms. The molecule has 0 spiro atoms. The standard InChI is InChI=1S/C17H25NO2/c1-5-18-15(11-19-13(4)12(2)3)17-10-14-8-6-7-9-16(14)20-17/h6-10,12-13,15,18H,5,11H2,1-4H3. The molecule has 0 amide bonds. The second-order valence-corrected chi connectivity index (χ2v) is 5.58. The lowest BCUT2D eigenvalue weighted by Crippen LogP contribution is -2.28. The molecule has 3 heteroatoms. The van der Waals surface area contributed by atoms with Crippen LogP contribution in [-0.4, -0.2) is 19.3 Å². The van der Waals surface area contributed by atoms with Gasteiger partial charge in [-0.25, -0.2) is 0 Å². The van der Waals surface area contributed by atoms with Crippen LogP contribution < -0.4 is 5.32 Å². The number of fused-ring (bicyclic) bond motifs is 1. The molecule has 0 aliphatic heterocycles. The Morgan fingerprint density at radius 2 is 1.95 bits per heavy atom. The average Bonchev–Trinajstić information content (AvgIpc) is 2.86. The number of ether oxygens (including phenoxy) is 1. The van der Waals surface area contributed by atoms with E-state index in [0.717, 1.165) is 23.3 Å².